The number of benzene rings is 1. The molecular weight excluding hydrogens is 305 g/mol. The summed E-state index contributed by atoms with van der Waals surface area (Å²) in [5, 5.41) is 9.99. The van der Waals surface area contributed by atoms with E-state index < -0.39 is 0 Å². The van der Waals surface area contributed by atoms with Crippen molar-refractivity contribution in [1.82, 2.24) is 4.98 Å². The fourth-order valence-electron chi connectivity index (χ4n) is 1.65. The Morgan fingerprint density at radius 2 is 1.79 bits per heavy atom. The summed E-state index contributed by atoms with van der Waals surface area (Å²) in [5.74, 6) is 0. The van der Waals surface area contributed by atoms with Gasteiger partial charge in [-0.05, 0) is 24.3 Å². The summed E-state index contributed by atoms with van der Waals surface area (Å²) < 4.78 is 0. The van der Waals surface area contributed by atoms with Crippen LogP contribution in [0.25, 0.3) is 11.3 Å². The van der Waals surface area contributed by atoms with Gasteiger partial charge in [0.2, 0.25) is 0 Å². The molecule has 0 saturated carbocycles. The minimum Gasteiger partial charge on any atom is -0.397 e. The molecule has 0 aliphatic rings. The van der Waals surface area contributed by atoms with Gasteiger partial charge in [-0.15, -0.1) is 0 Å². The summed E-state index contributed by atoms with van der Waals surface area (Å²) >= 11 is 18.1. The van der Waals surface area contributed by atoms with E-state index in [1.54, 1.807) is 24.3 Å². The van der Waals surface area contributed by atoms with Gasteiger partial charge in [0.05, 0.1) is 39.6 Å². The number of nitriles is 1. The van der Waals surface area contributed by atoms with E-state index in [-0.39, 0.29) is 6.42 Å². The van der Waals surface area contributed by atoms with E-state index in [1.165, 1.54) is 0 Å². The fraction of sp³-hybridized carbons (Fsp3) is 0.0769. The maximum Gasteiger partial charge on any atom is 0.0795 e. The van der Waals surface area contributed by atoms with Gasteiger partial charge in [-0.2, -0.15) is 5.26 Å². The lowest BCUT2D eigenvalue weighted by atomic mass is 10.1. The molecule has 0 saturated heterocycles. The van der Waals surface area contributed by atoms with Crippen molar-refractivity contribution in [2.45, 2.75) is 6.42 Å². The fourth-order valence-corrected chi connectivity index (χ4v) is 2.67. The van der Waals surface area contributed by atoms with Gasteiger partial charge in [-0.25, -0.2) is 4.98 Å². The molecule has 0 unspecified atom stereocenters. The Kier molecular flexibility index (Phi) is 4.16. The van der Waals surface area contributed by atoms with Gasteiger partial charge in [0.15, 0.2) is 0 Å². The highest BCUT2D eigenvalue weighted by Crippen LogP contribution is 2.36. The monoisotopic (exact) mass is 311 g/mol. The second kappa shape index (κ2) is 5.66. The summed E-state index contributed by atoms with van der Waals surface area (Å²) in [7, 11) is 0. The van der Waals surface area contributed by atoms with Crippen molar-refractivity contribution >= 4 is 40.5 Å². The topological polar surface area (TPSA) is 62.7 Å². The molecule has 0 bridgehead atoms. The first-order valence-electron chi connectivity index (χ1n) is 5.30. The lowest BCUT2D eigenvalue weighted by molar-refractivity contribution is 1.12. The molecule has 19 heavy (non-hydrogen) atoms. The summed E-state index contributed by atoms with van der Waals surface area (Å²) in [5.41, 5.74) is 7.86. The number of hydrogen-bond acceptors (Lipinski definition) is 3. The normalized spacial score (nSPS) is 10.2. The molecule has 1 aromatic carbocycles. The van der Waals surface area contributed by atoms with Crippen LogP contribution in [0, 0.1) is 11.3 Å². The van der Waals surface area contributed by atoms with Gasteiger partial charge in [0.25, 0.3) is 0 Å². The van der Waals surface area contributed by atoms with Gasteiger partial charge < -0.3 is 5.73 Å². The predicted octanol–water partition coefficient (Wildman–Crippen LogP) is 4.36. The molecule has 0 aliphatic carbocycles. The van der Waals surface area contributed by atoms with Crippen molar-refractivity contribution in [3.05, 3.63) is 45.0 Å². The van der Waals surface area contributed by atoms with Crippen LogP contribution in [0.1, 0.15) is 5.69 Å². The number of anilines is 1. The summed E-state index contributed by atoms with van der Waals surface area (Å²) in [6, 6.07) is 8.57. The number of rotatable bonds is 2. The molecule has 0 atom stereocenters. The minimum absolute atomic E-state index is 0.127. The molecule has 1 heterocycles. The zero-order valence-corrected chi connectivity index (χ0v) is 11.9. The van der Waals surface area contributed by atoms with E-state index in [9.17, 15) is 0 Å². The summed E-state index contributed by atoms with van der Waals surface area (Å²) in [6.45, 7) is 0. The van der Waals surface area contributed by atoms with Crippen molar-refractivity contribution in [1.29, 1.82) is 5.26 Å². The highest BCUT2D eigenvalue weighted by atomic mass is 35.5. The maximum atomic E-state index is 8.74. The third kappa shape index (κ3) is 2.93. The zero-order valence-electron chi connectivity index (χ0n) is 9.62. The Morgan fingerprint density at radius 3 is 2.37 bits per heavy atom. The largest absolute Gasteiger partial charge is 0.397 e. The van der Waals surface area contributed by atoms with Crippen LogP contribution in [0.2, 0.25) is 15.1 Å². The second-order valence-corrected chi connectivity index (χ2v) is 5.06. The SMILES string of the molecule is N#CCc1nc(-c2c(Cl)cc(Cl)cc2Cl)ccc1N. The van der Waals surface area contributed by atoms with Crippen molar-refractivity contribution in [3.63, 3.8) is 0 Å². The quantitative estimate of drug-likeness (QED) is 0.896. The minimum atomic E-state index is 0.127. The van der Waals surface area contributed by atoms with E-state index in [0.29, 0.717) is 37.7 Å². The van der Waals surface area contributed by atoms with Crippen LogP contribution >= 0.6 is 34.8 Å². The number of hydrogen-bond donors (Lipinski definition) is 1. The number of pyridine rings is 1. The van der Waals surface area contributed by atoms with Crippen LogP contribution in [-0.4, -0.2) is 4.98 Å². The Hall–Kier alpha value is -1.47. The second-order valence-electron chi connectivity index (χ2n) is 3.81. The molecular formula is C13H8Cl3N3. The molecule has 0 aliphatic heterocycles. The molecule has 3 nitrogen and oxygen atoms in total. The molecule has 0 spiro atoms. The number of aromatic nitrogens is 1. The number of nitrogens with two attached hydrogens (primary N) is 1. The van der Waals surface area contributed by atoms with Crippen LogP contribution in [0.4, 0.5) is 5.69 Å². The first kappa shape index (κ1) is 14.0. The standard InChI is InChI=1S/C13H8Cl3N3/c14-7-5-8(15)13(9(16)6-7)12-2-1-10(18)11(19-12)3-4-17/h1-2,5-6H,3,18H2. The molecule has 0 amide bonds. The average Bonchev–Trinajstić information content (AvgIpc) is 2.32. The number of nitrogens with zero attached hydrogens (tertiary/aromatic N) is 2. The molecule has 2 aromatic rings. The third-order valence-electron chi connectivity index (χ3n) is 2.52. The molecule has 2 N–H and O–H groups in total. The van der Waals surface area contributed by atoms with E-state index in [4.69, 9.17) is 45.8 Å². The van der Waals surface area contributed by atoms with Crippen LogP contribution in [0.5, 0.6) is 0 Å². The predicted molar refractivity (Wildman–Crippen MR) is 78.4 cm³/mol. The van der Waals surface area contributed by atoms with Crippen molar-refractivity contribution < 1.29 is 0 Å². The van der Waals surface area contributed by atoms with E-state index in [0.717, 1.165) is 0 Å². The van der Waals surface area contributed by atoms with Gasteiger partial charge in [0, 0.05) is 10.6 Å². The smallest absolute Gasteiger partial charge is 0.0795 e. The Labute approximate surface area is 125 Å². The Balaban J connectivity index is 2.60. The molecule has 0 fully saturated rings. The average molecular weight is 313 g/mol. The van der Waals surface area contributed by atoms with Gasteiger partial charge in [-0.3, -0.25) is 0 Å². The van der Waals surface area contributed by atoms with Crippen molar-refractivity contribution in [2.75, 3.05) is 5.73 Å². The Bertz CT molecular complexity index is 654. The van der Waals surface area contributed by atoms with Crippen LogP contribution in [0.3, 0.4) is 0 Å². The Morgan fingerprint density at radius 1 is 1.16 bits per heavy atom. The van der Waals surface area contributed by atoms with Gasteiger partial charge >= 0.3 is 0 Å². The van der Waals surface area contributed by atoms with Crippen LogP contribution < -0.4 is 5.73 Å². The number of halogens is 3. The van der Waals surface area contributed by atoms with E-state index in [2.05, 4.69) is 4.98 Å². The van der Waals surface area contributed by atoms with Crippen LogP contribution in [0.15, 0.2) is 24.3 Å². The molecule has 0 radical (unpaired) electrons. The molecule has 6 heteroatoms. The highest BCUT2D eigenvalue weighted by molar-refractivity contribution is 6.41. The molecule has 1 aromatic heterocycles. The van der Waals surface area contributed by atoms with Gasteiger partial charge in [0.1, 0.15) is 0 Å². The van der Waals surface area contributed by atoms with Crippen LogP contribution in [-0.2, 0) is 6.42 Å². The summed E-state index contributed by atoms with van der Waals surface area (Å²) in [6.07, 6.45) is 0.127. The third-order valence-corrected chi connectivity index (χ3v) is 3.33. The first-order chi connectivity index (χ1) is 9.02. The zero-order chi connectivity index (χ0) is 14.0. The van der Waals surface area contributed by atoms with Crippen molar-refractivity contribution in [3.8, 4) is 17.3 Å². The van der Waals surface area contributed by atoms with Crippen molar-refractivity contribution in [2.24, 2.45) is 0 Å². The van der Waals surface area contributed by atoms with E-state index >= 15 is 0 Å². The lowest BCUT2D eigenvalue weighted by Crippen LogP contribution is -1.99. The molecule has 2 rings (SSSR count). The lowest BCUT2D eigenvalue weighted by Gasteiger charge is -2.09. The van der Waals surface area contributed by atoms with E-state index in [1.807, 2.05) is 6.07 Å². The molecule has 96 valence electrons. The first-order valence-corrected chi connectivity index (χ1v) is 6.43. The maximum absolute atomic E-state index is 8.74. The highest BCUT2D eigenvalue weighted by Gasteiger charge is 2.13. The number of nitrogen functional groups attached to an aromatic ring is 1. The van der Waals surface area contributed by atoms with Gasteiger partial charge in [-0.1, -0.05) is 34.8 Å². The summed E-state index contributed by atoms with van der Waals surface area (Å²) in [4.78, 5) is 4.32.